The van der Waals surface area contributed by atoms with Crippen molar-refractivity contribution in [2.45, 2.75) is 68.6 Å². The number of nitrogens with one attached hydrogen (secondary N) is 1. The molecule has 3 aromatic carbocycles. The Morgan fingerprint density at radius 2 is 1.91 bits per heavy atom. The molecule has 7 nitrogen and oxygen atoms in total. The van der Waals surface area contributed by atoms with Crippen molar-refractivity contribution in [3.63, 3.8) is 0 Å². The first-order valence-electron chi connectivity index (χ1n) is 16.9. The van der Waals surface area contributed by atoms with Gasteiger partial charge < -0.3 is 14.7 Å². The highest BCUT2D eigenvalue weighted by Crippen LogP contribution is 2.46. The van der Waals surface area contributed by atoms with Crippen molar-refractivity contribution < 1.29 is 23.1 Å². The summed E-state index contributed by atoms with van der Waals surface area (Å²) in [7, 11) is -4.07. The zero-order valence-corrected chi connectivity index (χ0v) is 28.3. The molecule has 6 atom stereocenters. The minimum atomic E-state index is -4.07. The Kier molecular flexibility index (Phi) is 8.87. The SMILES string of the molecule is CC1C/C=C/[C@H](O)[C@@H]2CCC2CN2C[C@@]3(CCCc4cc(Cl)ccc43)COc3ccc(cc32)C(=O)NS(=O)(=O)C1Cc1ccccc1. The van der Waals surface area contributed by atoms with Gasteiger partial charge >= 0.3 is 0 Å². The number of hydrogen-bond acceptors (Lipinski definition) is 6. The zero-order chi connectivity index (χ0) is 32.8. The summed E-state index contributed by atoms with van der Waals surface area (Å²) < 4.78 is 36.9. The number of halogens is 1. The molecule has 1 spiro atoms. The maximum Gasteiger partial charge on any atom is 0.264 e. The van der Waals surface area contributed by atoms with E-state index in [0.29, 0.717) is 31.9 Å². The van der Waals surface area contributed by atoms with Gasteiger partial charge in [-0.25, -0.2) is 13.1 Å². The van der Waals surface area contributed by atoms with Crippen LogP contribution in [0.4, 0.5) is 5.69 Å². The number of fused-ring (bicyclic) bond motifs is 4. The lowest BCUT2D eigenvalue weighted by molar-refractivity contribution is 0.0456. The van der Waals surface area contributed by atoms with Crippen molar-refractivity contribution in [3.8, 4) is 5.75 Å². The predicted octanol–water partition coefficient (Wildman–Crippen LogP) is 6.47. The monoisotopic (exact) mass is 674 g/mol. The summed E-state index contributed by atoms with van der Waals surface area (Å²) in [5.41, 5.74) is 4.17. The number of sulfonamides is 1. The lowest BCUT2D eigenvalue weighted by atomic mass is 9.68. The maximum absolute atomic E-state index is 13.9. The second-order valence-electron chi connectivity index (χ2n) is 14.1. The van der Waals surface area contributed by atoms with Crippen LogP contribution in [0, 0.1) is 17.8 Å². The van der Waals surface area contributed by atoms with E-state index in [-0.39, 0.29) is 35.2 Å². The number of carbonyl (C=O) groups is 1. The Labute approximate surface area is 283 Å². The number of carbonyl (C=O) groups excluding carboxylic acids is 1. The second kappa shape index (κ2) is 12.9. The van der Waals surface area contributed by atoms with Crippen LogP contribution in [-0.2, 0) is 28.3 Å². The molecule has 0 aromatic heterocycles. The first-order valence-corrected chi connectivity index (χ1v) is 18.8. The van der Waals surface area contributed by atoms with Crippen LogP contribution in [0.2, 0.25) is 5.02 Å². The van der Waals surface area contributed by atoms with Gasteiger partial charge in [-0.1, -0.05) is 67.1 Å². The fourth-order valence-corrected chi connectivity index (χ4v) is 10.1. The van der Waals surface area contributed by atoms with Crippen LogP contribution < -0.4 is 14.4 Å². The first kappa shape index (κ1) is 32.2. The topological polar surface area (TPSA) is 95.9 Å². The molecule has 1 amide bonds. The Balaban J connectivity index is 1.28. The highest BCUT2D eigenvalue weighted by molar-refractivity contribution is 7.90. The average Bonchev–Trinajstić information content (AvgIpc) is 3.18. The fourth-order valence-electron chi connectivity index (χ4n) is 8.26. The van der Waals surface area contributed by atoms with Gasteiger partial charge in [0.1, 0.15) is 5.75 Å². The van der Waals surface area contributed by atoms with Gasteiger partial charge in [0.05, 0.1) is 23.6 Å². The van der Waals surface area contributed by atoms with Crippen molar-refractivity contribution in [1.29, 1.82) is 0 Å². The number of rotatable bonds is 2. The van der Waals surface area contributed by atoms with E-state index in [2.05, 4.69) is 21.8 Å². The zero-order valence-electron chi connectivity index (χ0n) is 26.8. The number of amides is 1. The van der Waals surface area contributed by atoms with Crippen molar-refractivity contribution in [1.82, 2.24) is 4.72 Å². The standard InChI is InChI=1S/C38H43ClN2O5S/c1-25-7-5-11-34(42)31-15-12-29(31)22-41-23-38(18-6-10-27-20-30(39)14-16-32(27)38)24-46-35-17-13-28(21-33(35)41)37(43)40-47(44,45)36(25)19-26-8-3-2-4-9-26/h2-5,8-9,11,13-14,16-17,20-21,25,29,31,34,36,42H,6-7,10,12,15,18-19,22-24H2,1H3,(H,40,43)/b11-5+/t25?,29?,31-,34+,36?,38+/m1/s1. The molecule has 47 heavy (non-hydrogen) atoms. The van der Waals surface area contributed by atoms with Crippen LogP contribution in [-0.4, -0.2) is 50.5 Å². The van der Waals surface area contributed by atoms with Crippen LogP contribution in [0.3, 0.4) is 0 Å². The van der Waals surface area contributed by atoms with E-state index in [1.54, 1.807) is 18.2 Å². The molecule has 0 saturated heterocycles. The smallest absolute Gasteiger partial charge is 0.264 e. The largest absolute Gasteiger partial charge is 0.490 e. The third-order valence-electron chi connectivity index (χ3n) is 11.1. The van der Waals surface area contributed by atoms with E-state index >= 15 is 0 Å². The lowest BCUT2D eigenvalue weighted by Gasteiger charge is -2.45. The molecule has 0 radical (unpaired) electrons. The first-order chi connectivity index (χ1) is 22.6. The molecule has 3 unspecified atom stereocenters. The van der Waals surface area contributed by atoms with Gasteiger partial charge in [0.15, 0.2) is 0 Å². The van der Waals surface area contributed by atoms with Crippen molar-refractivity contribution >= 4 is 33.2 Å². The van der Waals surface area contributed by atoms with Gasteiger partial charge in [-0.05, 0) is 110 Å². The van der Waals surface area contributed by atoms with E-state index in [4.69, 9.17) is 16.3 Å². The molecule has 248 valence electrons. The highest BCUT2D eigenvalue weighted by Gasteiger charge is 2.44. The number of aryl methyl sites for hydroxylation is 1. The highest BCUT2D eigenvalue weighted by atomic mass is 35.5. The van der Waals surface area contributed by atoms with Gasteiger partial charge in [0.2, 0.25) is 10.0 Å². The lowest BCUT2D eigenvalue weighted by Crippen LogP contribution is -2.49. The maximum atomic E-state index is 13.9. The molecule has 2 aliphatic heterocycles. The predicted molar refractivity (Wildman–Crippen MR) is 186 cm³/mol. The molecular weight excluding hydrogens is 632 g/mol. The Bertz CT molecular complexity index is 1780. The number of aliphatic hydroxyl groups is 1. The molecule has 9 heteroatoms. The Morgan fingerprint density at radius 3 is 2.70 bits per heavy atom. The normalized spacial score (nSPS) is 30.9. The van der Waals surface area contributed by atoms with Crippen LogP contribution in [0.1, 0.15) is 66.1 Å². The van der Waals surface area contributed by atoms with E-state index in [1.165, 1.54) is 11.1 Å². The van der Waals surface area contributed by atoms with E-state index in [1.807, 2.05) is 55.5 Å². The molecule has 7 rings (SSSR count). The van der Waals surface area contributed by atoms with Crippen LogP contribution in [0.25, 0.3) is 0 Å². The number of benzene rings is 3. The second-order valence-corrected chi connectivity index (χ2v) is 16.5. The van der Waals surface area contributed by atoms with E-state index in [0.717, 1.165) is 48.4 Å². The number of aliphatic hydroxyl groups excluding tert-OH is 1. The third-order valence-corrected chi connectivity index (χ3v) is 13.2. The van der Waals surface area contributed by atoms with E-state index in [9.17, 15) is 18.3 Å². The summed E-state index contributed by atoms with van der Waals surface area (Å²) in [6.45, 7) is 3.77. The number of anilines is 1. The van der Waals surface area contributed by atoms with Crippen molar-refractivity contribution in [2.75, 3.05) is 24.6 Å². The quantitative estimate of drug-likeness (QED) is 0.303. The summed E-state index contributed by atoms with van der Waals surface area (Å²) >= 11 is 6.42. The Hall–Kier alpha value is -3.33. The molecule has 4 aliphatic rings. The van der Waals surface area contributed by atoms with Crippen LogP contribution >= 0.6 is 11.6 Å². The summed E-state index contributed by atoms with van der Waals surface area (Å²) in [6, 6.07) is 20.9. The minimum Gasteiger partial charge on any atom is -0.490 e. The molecule has 2 heterocycles. The number of allylic oxidation sites excluding steroid dienone is 1. The summed E-state index contributed by atoms with van der Waals surface area (Å²) in [6.07, 6.45) is 8.78. The molecule has 2 aliphatic carbocycles. The molecule has 2 bridgehead atoms. The minimum absolute atomic E-state index is 0.103. The van der Waals surface area contributed by atoms with Gasteiger partial charge in [0, 0.05) is 29.1 Å². The summed E-state index contributed by atoms with van der Waals surface area (Å²) in [5, 5.41) is 11.2. The number of hydrogen-bond donors (Lipinski definition) is 2. The number of ether oxygens (including phenoxy) is 1. The Morgan fingerprint density at radius 1 is 1.09 bits per heavy atom. The van der Waals surface area contributed by atoms with Gasteiger partial charge in [0.25, 0.3) is 5.91 Å². The van der Waals surface area contributed by atoms with Gasteiger partial charge in [-0.3, -0.25) is 4.79 Å². The average molecular weight is 675 g/mol. The molecular formula is C38H43ClN2O5S. The fraction of sp³-hybridized carbons (Fsp3) is 0.447. The van der Waals surface area contributed by atoms with E-state index < -0.39 is 27.3 Å². The molecule has 2 N–H and O–H groups in total. The van der Waals surface area contributed by atoms with Crippen molar-refractivity contribution in [2.24, 2.45) is 17.8 Å². The van der Waals surface area contributed by atoms with Gasteiger partial charge in [-0.2, -0.15) is 0 Å². The van der Waals surface area contributed by atoms with Crippen LogP contribution in [0.5, 0.6) is 5.75 Å². The summed E-state index contributed by atoms with van der Waals surface area (Å²) in [4.78, 5) is 16.1. The number of nitrogens with zero attached hydrogens (tertiary/aromatic N) is 1. The molecule has 1 fully saturated rings. The van der Waals surface area contributed by atoms with Gasteiger partial charge in [-0.15, -0.1) is 0 Å². The third kappa shape index (κ3) is 6.44. The summed E-state index contributed by atoms with van der Waals surface area (Å²) in [5.74, 6) is 0.102. The molecule has 1 saturated carbocycles. The van der Waals surface area contributed by atoms with Crippen molar-refractivity contribution in [3.05, 3.63) is 106 Å². The molecule has 3 aromatic rings. The van der Waals surface area contributed by atoms with Crippen LogP contribution in [0.15, 0.2) is 78.9 Å².